The van der Waals surface area contributed by atoms with Crippen molar-refractivity contribution in [1.82, 2.24) is 14.9 Å². The predicted molar refractivity (Wildman–Crippen MR) is 91.5 cm³/mol. The number of aromatic nitrogens is 2. The van der Waals surface area contributed by atoms with Gasteiger partial charge in [-0.05, 0) is 25.3 Å². The normalized spacial score (nSPS) is 16.2. The molecule has 0 saturated heterocycles. The maximum Gasteiger partial charge on any atom is 0.272 e. The summed E-state index contributed by atoms with van der Waals surface area (Å²) in [5, 5.41) is 3.10. The van der Waals surface area contributed by atoms with E-state index in [0.29, 0.717) is 12.3 Å². The average molecular weight is 323 g/mol. The Kier molecular flexibility index (Phi) is 3.84. The molecular weight excluding hydrogens is 302 g/mol. The van der Waals surface area contributed by atoms with Crippen LogP contribution < -0.4 is 10.1 Å². The minimum atomic E-state index is -0.0926. The van der Waals surface area contributed by atoms with Gasteiger partial charge in [-0.25, -0.2) is 4.98 Å². The number of hydrogen-bond donors (Lipinski definition) is 1. The molecule has 0 atom stereocenters. The highest BCUT2D eigenvalue weighted by atomic mass is 16.5. The lowest BCUT2D eigenvalue weighted by Gasteiger charge is -2.23. The molecule has 1 N–H and O–H groups in total. The molecule has 1 fully saturated rings. The highest BCUT2D eigenvalue weighted by Gasteiger charge is 2.27. The molecule has 1 aliphatic heterocycles. The summed E-state index contributed by atoms with van der Waals surface area (Å²) >= 11 is 0. The lowest BCUT2D eigenvalue weighted by molar-refractivity contribution is 0.0930. The quantitative estimate of drug-likeness (QED) is 0.879. The SMILES string of the molecule is C=CCc1cccc2c1OCc1c(C(=O)NC3CCCC3)ncn1-2. The Labute approximate surface area is 141 Å². The van der Waals surface area contributed by atoms with Crippen molar-refractivity contribution >= 4 is 5.91 Å². The minimum Gasteiger partial charge on any atom is -0.485 e. The van der Waals surface area contributed by atoms with Crippen molar-refractivity contribution < 1.29 is 9.53 Å². The number of ether oxygens (including phenoxy) is 1. The molecule has 1 aromatic carbocycles. The number of rotatable bonds is 4. The van der Waals surface area contributed by atoms with Gasteiger partial charge in [0.05, 0.1) is 11.4 Å². The third kappa shape index (κ3) is 2.50. The van der Waals surface area contributed by atoms with Crippen molar-refractivity contribution in [2.75, 3.05) is 0 Å². The third-order valence-corrected chi connectivity index (χ3v) is 4.82. The number of allylic oxidation sites excluding steroid dienone is 1. The zero-order valence-electron chi connectivity index (χ0n) is 13.6. The lowest BCUT2D eigenvalue weighted by Crippen LogP contribution is -2.33. The maximum absolute atomic E-state index is 12.6. The van der Waals surface area contributed by atoms with Crippen LogP contribution in [0.15, 0.2) is 37.2 Å². The van der Waals surface area contributed by atoms with Gasteiger partial charge in [0.15, 0.2) is 5.69 Å². The Morgan fingerprint density at radius 2 is 2.25 bits per heavy atom. The molecule has 1 saturated carbocycles. The van der Waals surface area contributed by atoms with Crippen LogP contribution >= 0.6 is 0 Å². The molecule has 0 bridgehead atoms. The van der Waals surface area contributed by atoms with Crippen molar-refractivity contribution in [3.8, 4) is 11.4 Å². The Morgan fingerprint density at radius 3 is 3.04 bits per heavy atom. The molecule has 1 amide bonds. The zero-order valence-corrected chi connectivity index (χ0v) is 13.6. The van der Waals surface area contributed by atoms with Gasteiger partial charge in [0.1, 0.15) is 18.7 Å². The predicted octanol–water partition coefficient (Wildman–Crippen LogP) is 3.17. The van der Waals surface area contributed by atoms with Crippen LogP contribution in [-0.2, 0) is 13.0 Å². The van der Waals surface area contributed by atoms with E-state index in [1.165, 1.54) is 12.8 Å². The summed E-state index contributed by atoms with van der Waals surface area (Å²) < 4.78 is 7.93. The van der Waals surface area contributed by atoms with E-state index in [0.717, 1.165) is 42.0 Å². The van der Waals surface area contributed by atoms with Crippen molar-refractivity contribution in [3.05, 3.63) is 54.1 Å². The molecule has 124 valence electrons. The number of carbonyl (C=O) groups is 1. The fourth-order valence-electron chi connectivity index (χ4n) is 3.62. The molecule has 4 rings (SSSR count). The summed E-state index contributed by atoms with van der Waals surface area (Å²) in [5.74, 6) is 0.759. The zero-order chi connectivity index (χ0) is 16.5. The summed E-state index contributed by atoms with van der Waals surface area (Å²) in [7, 11) is 0. The molecule has 24 heavy (non-hydrogen) atoms. The fourth-order valence-corrected chi connectivity index (χ4v) is 3.62. The van der Waals surface area contributed by atoms with Crippen LogP contribution in [0, 0.1) is 0 Å². The number of imidazole rings is 1. The molecule has 2 heterocycles. The first-order valence-electron chi connectivity index (χ1n) is 8.51. The van der Waals surface area contributed by atoms with Crippen LogP contribution in [0.4, 0.5) is 0 Å². The van der Waals surface area contributed by atoms with E-state index in [1.54, 1.807) is 6.33 Å². The molecule has 1 aromatic heterocycles. The number of carbonyl (C=O) groups excluding carboxylic acids is 1. The molecule has 2 aromatic rings. The fraction of sp³-hybridized carbons (Fsp3) is 0.368. The number of benzene rings is 1. The molecule has 2 aliphatic rings. The van der Waals surface area contributed by atoms with Gasteiger partial charge < -0.3 is 10.1 Å². The van der Waals surface area contributed by atoms with E-state index in [-0.39, 0.29) is 11.9 Å². The van der Waals surface area contributed by atoms with Crippen molar-refractivity contribution in [1.29, 1.82) is 0 Å². The molecular formula is C19H21N3O2. The van der Waals surface area contributed by atoms with Gasteiger partial charge in [-0.1, -0.05) is 31.1 Å². The van der Waals surface area contributed by atoms with Gasteiger partial charge in [0.2, 0.25) is 0 Å². The molecule has 0 unspecified atom stereocenters. The van der Waals surface area contributed by atoms with Gasteiger partial charge >= 0.3 is 0 Å². The first-order chi connectivity index (χ1) is 11.8. The van der Waals surface area contributed by atoms with E-state index in [2.05, 4.69) is 16.9 Å². The Balaban J connectivity index is 1.65. The van der Waals surface area contributed by atoms with Gasteiger partial charge in [0.25, 0.3) is 5.91 Å². The standard InChI is InChI=1S/C19H21N3O2/c1-2-6-13-7-5-10-15-18(13)24-11-16-17(20-12-22(15)16)19(23)21-14-8-3-4-9-14/h2,5,7,10,12,14H,1,3-4,6,8-9,11H2,(H,21,23). The van der Waals surface area contributed by atoms with Gasteiger partial charge in [-0.3, -0.25) is 9.36 Å². The van der Waals surface area contributed by atoms with Crippen LogP contribution in [0.25, 0.3) is 5.69 Å². The van der Waals surface area contributed by atoms with Crippen LogP contribution in [0.5, 0.6) is 5.75 Å². The lowest BCUT2D eigenvalue weighted by atomic mass is 10.1. The smallest absolute Gasteiger partial charge is 0.272 e. The largest absolute Gasteiger partial charge is 0.485 e. The van der Waals surface area contributed by atoms with Crippen molar-refractivity contribution in [3.63, 3.8) is 0 Å². The molecule has 0 radical (unpaired) electrons. The summed E-state index contributed by atoms with van der Waals surface area (Å²) in [6.45, 7) is 4.15. The summed E-state index contributed by atoms with van der Waals surface area (Å²) in [6, 6.07) is 6.31. The Morgan fingerprint density at radius 1 is 1.42 bits per heavy atom. The molecule has 5 nitrogen and oxygen atoms in total. The molecule has 5 heteroatoms. The monoisotopic (exact) mass is 323 g/mol. The number of para-hydroxylation sites is 1. The van der Waals surface area contributed by atoms with E-state index >= 15 is 0 Å². The highest BCUT2D eigenvalue weighted by molar-refractivity contribution is 5.94. The number of amides is 1. The van der Waals surface area contributed by atoms with Crippen LogP contribution in [0.3, 0.4) is 0 Å². The average Bonchev–Trinajstić information content (AvgIpc) is 3.24. The summed E-state index contributed by atoms with van der Waals surface area (Å²) in [6.07, 6.45) is 8.84. The van der Waals surface area contributed by atoms with Crippen LogP contribution in [0.1, 0.15) is 47.4 Å². The van der Waals surface area contributed by atoms with Gasteiger partial charge in [-0.2, -0.15) is 0 Å². The number of fused-ring (bicyclic) bond motifs is 3. The summed E-state index contributed by atoms with van der Waals surface area (Å²) in [5.41, 5.74) is 3.32. The highest BCUT2D eigenvalue weighted by Crippen LogP contribution is 2.34. The third-order valence-electron chi connectivity index (χ3n) is 4.82. The Bertz CT molecular complexity index is 788. The first kappa shape index (κ1) is 15.0. The van der Waals surface area contributed by atoms with Crippen molar-refractivity contribution in [2.45, 2.75) is 44.8 Å². The number of hydrogen-bond acceptors (Lipinski definition) is 3. The second-order valence-electron chi connectivity index (χ2n) is 6.41. The van der Waals surface area contributed by atoms with Gasteiger partial charge in [0, 0.05) is 11.6 Å². The molecule has 0 spiro atoms. The Hall–Kier alpha value is -2.56. The second-order valence-corrected chi connectivity index (χ2v) is 6.41. The molecule has 1 aliphatic carbocycles. The van der Waals surface area contributed by atoms with E-state index in [9.17, 15) is 4.79 Å². The second kappa shape index (κ2) is 6.15. The number of nitrogens with one attached hydrogen (secondary N) is 1. The number of nitrogens with zero attached hydrogens (tertiary/aromatic N) is 2. The van der Waals surface area contributed by atoms with Crippen LogP contribution in [-0.4, -0.2) is 21.5 Å². The van der Waals surface area contributed by atoms with Gasteiger partial charge in [-0.15, -0.1) is 6.58 Å². The van der Waals surface area contributed by atoms with E-state index < -0.39 is 0 Å². The van der Waals surface area contributed by atoms with E-state index in [1.807, 2.05) is 28.8 Å². The maximum atomic E-state index is 12.6. The first-order valence-corrected chi connectivity index (χ1v) is 8.51. The van der Waals surface area contributed by atoms with E-state index in [4.69, 9.17) is 4.74 Å². The summed E-state index contributed by atoms with van der Waals surface area (Å²) in [4.78, 5) is 16.9. The van der Waals surface area contributed by atoms with Crippen molar-refractivity contribution in [2.24, 2.45) is 0 Å². The van der Waals surface area contributed by atoms with Crippen LogP contribution in [0.2, 0.25) is 0 Å². The topological polar surface area (TPSA) is 56.1 Å². The minimum absolute atomic E-state index is 0.0926.